The third-order valence-electron chi connectivity index (χ3n) is 3.40. The fraction of sp³-hybridized carbons (Fsp3) is 0.176. The van der Waals surface area contributed by atoms with Crippen molar-refractivity contribution in [1.29, 1.82) is 0 Å². The van der Waals surface area contributed by atoms with Crippen molar-refractivity contribution in [1.82, 2.24) is 9.97 Å². The van der Waals surface area contributed by atoms with Crippen molar-refractivity contribution in [2.24, 2.45) is 0 Å². The van der Waals surface area contributed by atoms with Gasteiger partial charge in [0.15, 0.2) is 5.82 Å². The molecule has 1 aromatic heterocycles. The van der Waals surface area contributed by atoms with Gasteiger partial charge in [0.05, 0.1) is 24.1 Å². The normalized spacial score (nSPS) is 12.3. The summed E-state index contributed by atoms with van der Waals surface area (Å²) in [5, 5.41) is 10.7. The van der Waals surface area contributed by atoms with Crippen LogP contribution in [0, 0.1) is 0 Å². The average molecular weight is 280 g/mol. The van der Waals surface area contributed by atoms with Crippen molar-refractivity contribution >= 4 is 10.9 Å². The minimum atomic E-state index is -0.600. The number of ether oxygens (including phenoxy) is 1. The second-order valence-corrected chi connectivity index (χ2v) is 4.84. The van der Waals surface area contributed by atoms with E-state index < -0.39 is 6.10 Å². The van der Waals surface area contributed by atoms with Crippen LogP contribution in [0.3, 0.4) is 0 Å². The van der Waals surface area contributed by atoms with Crippen molar-refractivity contribution in [3.05, 3.63) is 54.1 Å². The highest BCUT2D eigenvalue weighted by Gasteiger charge is 2.14. The lowest BCUT2D eigenvalue weighted by molar-refractivity contribution is 0.200. The number of benzene rings is 2. The van der Waals surface area contributed by atoms with Gasteiger partial charge in [0.25, 0.3) is 0 Å². The van der Waals surface area contributed by atoms with Crippen LogP contribution < -0.4 is 4.74 Å². The molecular weight excluding hydrogens is 264 g/mol. The zero-order valence-electron chi connectivity index (χ0n) is 11.9. The quantitative estimate of drug-likeness (QED) is 0.799. The third kappa shape index (κ3) is 2.45. The van der Waals surface area contributed by atoms with Crippen LogP contribution in [-0.4, -0.2) is 22.2 Å². The van der Waals surface area contributed by atoms with Gasteiger partial charge in [-0.15, -0.1) is 0 Å². The number of hydrogen-bond donors (Lipinski definition) is 1. The van der Waals surface area contributed by atoms with Crippen molar-refractivity contribution in [3.8, 4) is 17.3 Å². The maximum absolute atomic E-state index is 9.95. The highest BCUT2D eigenvalue weighted by Crippen LogP contribution is 2.30. The molecule has 3 aromatic rings. The van der Waals surface area contributed by atoms with E-state index in [-0.39, 0.29) is 0 Å². The summed E-state index contributed by atoms with van der Waals surface area (Å²) in [5.41, 5.74) is 2.40. The van der Waals surface area contributed by atoms with Gasteiger partial charge in [-0.25, -0.2) is 4.98 Å². The topological polar surface area (TPSA) is 55.2 Å². The molecule has 0 saturated heterocycles. The van der Waals surface area contributed by atoms with Gasteiger partial charge in [-0.05, 0) is 13.0 Å². The molecule has 4 nitrogen and oxygen atoms in total. The molecule has 1 atom stereocenters. The summed E-state index contributed by atoms with van der Waals surface area (Å²) < 4.78 is 5.39. The first-order valence-corrected chi connectivity index (χ1v) is 6.79. The fourth-order valence-electron chi connectivity index (χ4n) is 2.36. The van der Waals surface area contributed by atoms with Gasteiger partial charge in [-0.1, -0.05) is 42.5 Å². The summed E-state index contributed by atoms with van der Waals surface area (Å²) in [6.07, 6.45) is -0.600. The summed E-state index contributed by atoms with van der Waals surface area (Å²) in [7, 11) is 1.59. The molecule has 0 radical (unpaired) electrons. The molecular formula is C17H16N2O2. The van der Waals surface area contributed by atoms with Gasteiger partial charge >= 0.3 is 0 Å². The van der Waals surface area contributed by atoms with Crippen LogP contribution in [0.5, 0.6) is 5.88 Å². The van der Waals surface area contributed by atoms with E-state index in [1.807, 2.05) is 48.5 Å². The van der Waals surface area contributed by atoms with E-state index in [2.05, 4.69) is 9.97 Å². The van der Waals surface area contributed by atoms with Crippen LogP contribution >= 0.6 is 0 Å². The number of fused-ring (bicyclic) bond motifs is 1. The summed E-state index contributed by atoms with van der Waals surface area (Å²) in [6.45, 7) is 1.73. The number of hydrogen-bond acceptors (Lipinski definition) is 4. The van der Waals surface area contributed by atoms with Crippen LogP contribution in [-0.2, 0) is 0 Å². The first-order valence-electron chi connectivity index (χ1n) is 6.79. The molecule has 1 unspecified atom stereocenters. The predicted octanol–water partition coefficient (Wildman–Crippen LogP) is 3.36. The second-order valence-electron chi connectivity index (χ2n) is 4.84. The number of aliphatic hydroxyl groups excluding tert-OH is 1. The van der Waals surface area contributed by atoms with Gasteiger partial charge in [0.2, 0.25) is 5.88 Å². The summed E-state index contributed by atoms with van der Waals surface area (Å²) >= 11 is 0. The monoisotopic (exact) mass is 280 g/mol. The first kappa shape index (κ1) is 13.5. The lowest BCUT2D eigenvalue weighted by atomic mass is 10.1. The summed E-state index contributed by atoms with van der Waals surface area (Å²) in [4.78, 5) is 9.10. The van der Waals surface area contributed by atoms with E-state index in [0.29, 0.717) is 11.7 Å². The fourth-order valence-corrected chi connectivity index (χ4v) is 2.36. The minimum absolute atomic E-state index is 0.515. The number of aromatic nitrogens is 2. The lowest BCUT2D eigenvalue weighted by Gasteiger charge is -2.12. The van der Waals surface area contributed by atoms with Gasteiger partial charge < -0.3 is 9.84 Å². The molecule has 0 spiro atoms. The number of para-hydroxylation sites is 1. The van der Waals surface area contributed by atoms with E-state index >= 15 is 0 Å². The molecule has 3 rings (SSSR count). The van der Waals surface area contributed by atoms with Crippen LogP contribution in [0.15, 0.2) is 48.5 Å². The molecule has 1 N–H and O–H groups in total. The highest BCUT2D eigenvalue weighted by molar-refractivity contribution is 5.88. The van der Waals surface area contributed by atoms with E-state index in [1.165, 1.54) is 0 Å². The lowest BCUT2D eigenvalue weighted by Crippen LogP contribution is -2.00. The zero-order chi connectivity index (χ0) is 14.8. The molecule has 0 fully saturated rings. The molecule has 2 aromatic carbocycles. The Bertz CT molecular complexity index is 770. The molecule has 1 heterocycles. The summed E-state index contributed by atoms with van der Waals surface area (Å²) in [6, 6.07) is 15.4. The van der Waals surface area contributed by atoms with E-state index in [9.17, 15) is 5.11 Å². The largest absolute Gasteiger partial charge is 0.480 e. The van der Waals surface area contributed by atoms with Crippen molar-refractivity contribution in [2.75, 3.05) is 7.11 Å². The van der Waals surface area contributed by atoms with Crippen molar-refractivity contribution in [3.63, 3.8) is 0 Å². The van der Waals surface area contributed by atoms with E-state index in [1.54, 1.807) is 14.0 Å². The number of methoxy groups -OCH3 is 1. The van der Waals surface area contributed by atoms with Gasteiger partial charge in [0, 0.05) is 11.1 Å². The number of nitrogens with zero attached hydrogens (tertiary/aromatic N) is 2. The Balaban J connectivity index is 2.32. The molecule has 0 aliphatic rings. The SMILES string of the molecule is COc1nc(-c2ccccc2)nc2c(C(C)O)cccc12. The standard InChI is InChI=1S/C17H16N2O2/c1-11(20)13-9-6-10-14-15(13)18-16(19-17(14)21-2)12-7-4-3-5-8-12/h3-11,20H,1-2H3. The minimum Gasteiger partial charge on any atom is -0.480 e. The molecule has 4 heteroatoms. The van der Waals surface area contributed by atoms with Crippen molar-refractivity contribution in [2.45, 2.75) is 13.0 Å². The Hall–Kier alpha value is -2.46. The van der Waals surface area contributed by atoms with Crippen LogP contribution in [0.2, 0.25) is 0 Å². The highest BCUT2D eigenvalue weighted by atomic mass is 16.5. The van der Waals surface area contributed by atoms with Gasteiger partial charge in [0.1, 0.15) is 0 Å². The van der Waals surface area contributed by atoms with Crippen LogP contribution in [0.1, 0.15) is 18.6 Å². The van der Waals surface area contributed by atoms with Crippen LogP contribution in [0.4, 0.5) is 0 Å². The summed E-state index contributed by atoms with van der Waals surface area (Å²) in [5.74, 6) is 1.11. The second kappa shape index (κ2) is 5.50. The predicted molar refractivity (Wildman–Crippen MR) is 82.2 cm³/mol. The molecule has 0 aliphatic carbocycles. The molecule has 106 valence electrons. The Labute approximate surface area is 123 Å². The van der Waals surface area contributed by atoms with Gasteiger partial charge in [-0.2, -0.15) is 4.98 Å². The van der Waals surface area contributed by atoms with E-state index in [4.69, 9.17) is 4.74 Å². The average Bonchev–Trinajstić information content (AvgIpc) is 2.53. The molecule has 0 bridgehead atoms. The molecule has 0 saturated carbocycles. The maximum atomic E-state index is 9.95. The van der Waals surface area contributed by atoms with Crippen LogP contribution in [0.25, 0.3) is 22.3 Å². The third-order valence-corrected chi connectivity index (χ3v) is 3.40. The Morgan fingerprint density at radius 1 is 1.00 bits per heavy atom. The first-order chi connectivity index (χ1) is 10.2. The Morgan fingerprint density at radius 3 is 2.43 bits per heavy atom. The Kier molecular flexibility index (Phi) is 3.54. The van der Waals surface area contributed by atoms with Gasteiger partial charge in [-0.3, -0.25) is 0 Å². The number of aliphatic hydroxyl groups is 1. The Morgan fingerprint density at radius 2 is 1.76 bits per heavy atom. The molecule has 21 heavy (non-hydrogen) atoms. The molecule has 0 amide bonds. The smallest absolute Gasteiger partial charge is 0.224 e. The van der Waals surface area contributed by atoms with Crippen molar-refractivity contribution < 1.29 is 9.84 Å². The van der Waals surface area contributed by atoms with E-state index in [0.717, 1.165) is 22.0 Å². The maximum Gasteiger partial charge on any atom is 0.224 e. The number of rotatable bonds is 3. The zero-order valence-corrected chi connectivity index (χ0v) is 11.9. The molecule has 0 aliphatic heterocycles.